The first-order chi connectivity index (χ1) is 17.2. The molecule has 3 aromatic carbocycles. The molecule has 3 unspecified atom stereocenters. The highest BCUT2D eigenvalue weighted by Gasteiger charge is 2.39. The summed E-state index contributed by atoms with van der Waals surface area (Å²) in [6.07, 6.45) is -2.17. The number of esters is 1. The first-order valence-corrected chi connectivity index (χ1v) is 11.1. The number of carbonyl (C=O) groups excluding carboxylic acids is 1. The number of aliphatic hydroxyl groups excluding tert-OH is 1. The summed E-state index contributed by atoms with van der Waals surface area (Å²) in [5, 5.41) is 52.2. The average Bonchev–Trinajstić information content (AvgIpc) is 2.84. The predicted octanol–water partition coefficient (Wildman–Crippen LogP) is 3.00. The van der Waals surface area contributed by atoms with Crippen molar-refractivity contribution in [2.75, 3.05) is 14.2 Å². The Balaban J connectivity index is 1.57. The summed E-state index contributed by atoms with van der Waals surface area (Å²) in [7, 11) is 2.71. The maximum atomic E-state index is 12.6. The Bertz CT molecular complexity index is 1340. The van der Waals surface area contributed by atoms with Crippen molar-refractivity contribution in [3.05, 3.63) is 58.7 Å². The zero-order valence-corrected chi connectivity index (χ0v) is 19.4. The molecular weight excluding hydrogens is 472 g/mol. The van der Waals surface area contributed by atoms with Crippen LogP contribution >= 0.6 is 0 Å². The number of phenols is 4. The van der Waals surface area contributed by atoms with Gasteiger partial charge in [0.15, 0.2) is 29.1 Å². The van der Waals surface area contributed by atoms with E-state index in [2.05, 4.69) is 0 Å². The SMILES string of the molecule is COc1cc(C2CC(=O)Oc3c4c(cc(O)c32)OC(c2cc(O)c(OC)c(O)c2)C(O)C4)ccc1O. The van der Waals surface area contributed by atoms with Crippen LogP contribution in [0.1, 0.15) is 40.7 Å². The van der Waals surface area contributed by atoms with Crippen molar-refractivity contribution in [2.24, 2.45) is 0 Å². The summed E-state index contributed by atoms with van der Waals surface area (Å²) in [6, 6.07) is 8.67. The zero-order chi connectivity index (χ0) is 25.7. The van der Waals surface area contributed by atoms with E-state index < -0.39 is 24.1 Å². The Morgan fingerprint density at radius 1 is 0.861 bits per heavy atom. The number of hydrogen-bond acceptors (Lipinski definition) is 10. The lowest BCUT2D eigenvalue weighted by Crippen LogP contribution is -2.32. The third kappa shape index (κ3) is 3.75. The molecule has 188 valence electrons. The van der Waals surface area contributed by atoms with Crippen LogP contribution in [-0.4, -0.2) is 51.8 Å². The van der Waals surface area contributed by atoms with E-state index >= 15 is 0 Å². The van der Waals surface area contributed by atoms with E-state index in [0.29, 0.717) is 16.7 Å². The van der Waals surface area contributed by atoms with Gasteiger partial charge in [-0.15, -0.1) is 0 Å². The fourth-order valence-corrected chi connectivity index (χ4v) is 4.87. The number of aliphatic hydroxyl groups is 1. The Morgan fingerprint density at radius 2 is 1.58 bits per heavy atom. The minimum absolute atomic E-state index is 0.00899. The molecule has 0 saturated heterocycles. The van der Waals surface area contributed by atoms with Crippen molar-refractivity contribution in [3.8, 4) is 46.0 Å². The fourth-order valence-electron chi connectivity index (χ4n) is 4.87. The monoisotopic (exact) mass is 496 g/mol. The van der Waals surface area contributed by atoms with E-state index in [1.54, 1.807) is 12.1 Å². The molecule has 2 aliphatic rings. The predicted molar refractivity (Wildman–Crippen MR) is 124 cm³/mol. The number of fused-ring (bicyclic) bond motifs is 3. The van der Waals surface area contributed by atoms with Gasteiger partial charge < -0.3 is 44.5 Å². The summed E-state index contributed by atoms with van der Waals surface area (Å²) >= 11 is 0. The highest BCUT2D eigenvalue weighted by Crippen LogP contribution is 2.52. The highest BCUT2D eigenvalue weighted by molar-refractivity contribution is 5.80. The molecule has 0 saturated carbocycles. The molecule has 0 aromatic heterocycles. The van der Waals surface area contributed by atoms with E-state index in [4.69, 9.17) is 18.9 Å². The molecular formula is C26H24O10. The van der Waals surface area contributed by atoms with Gasteiger partial charge in [-0.05, 0) is 29.8 Å². The van der Waals surface area contributed by atoms with Gasteiger partial charge in [0, 0.05) is 35.1 Å². The van der Waals surface area contributed by atoms with Crippen LogP contribution in [0.2, 0.25) is 0 Å². The van der Waals surface area contributed by atoms with Gasteiger partial charge in [-0.2, -0.15) is 0 Å². The summed E-state index contributed by atoms with van der Waals surface area (Å²) < 4.78 is 21.6. The molecule has 10 heteroatoms. The molecule has 2 aliphatic heterocycles. The Morgan fingerprint density at radius 3 is 2.25 bits per heavy atom. The molecule has 0 spiro atoms. The van der Waals surface area contributed by atoms with Gasteiger partial charge in [0.05, 0.1) is 26.7 Å². The van der Waals surface area contributed by atoms with E-state index in [9.17, 15) is 30.3 Å². The standard InChI is InChI=1S/C26H24O10/c1-33-21-7-11(3-4-15(21)27)13-9-22(32)36-25-14-8-19(31)24(35-20(14)10-16(28)23(13)25)12-5-17(29)26(34-2)18(30)6-12/h3-7,10,13,19,24,27-31H,8-9H2,1-2H3. The summed E-state index contributed by atoms with van der Waals surface area (Å²) in [5.74, 6) is -1.62. The van der Waals surface area contributed by atoms with Gasteiger partial charge in [0.2, 0.25) is 5.75 Å². The van der Waals surface area contributed by atoms with Crippen LogP contribution in [0.3, 0.4) is 0 Å². The summed E-state index contributed by atoms with van der Waals surface area (Å²) in [6.45, 7) is 0. The van der Waals surface area contributed by atoms with Crippen molar-refractivity contribution in [1.82, 2.24) is 0 Å². The van der Waals surface area contributed by atoms with Gasteiger partial charge in [-0.1, -0.05) is 6.07 Å². The van der Waals surface area contributed by atoms with Gasteiger partial charge in [-0.3, -0.25) is 4.79 Å². The lowest BCUT2D eigenvalue weighted by molar-refractivity contribution is -0.135. The molecule has 36 heavy (non-hydrogen) atoms. The Labute approximate surface area is 205 Å². The van der Waals surface area contributed by atoms with Crippen molar-refractivity contribution in [1.29, 1.82) is 0 Å². The van der Waals surface area contributed by atoms with E-state index in [1.807, 2.05) is 0 Å². The number of carbonyl (C=O) groups is 1. The number of rotatable bonds is 4. The lowest BCUT2D eigenvalue weighted by Gasteiger charge is -2.35. The van der Waals surface area contributed by atoms with Gasteiger partial charge >= 0.3 is 5.97 Å². The van der Waals surface area contributed by atoms with Gasteiger partial charge in [0.25, 0.3) is 0 Å². The largest absolute Gasteiger partial charge is 0.507 e. The number of aromatic hydroxyl groups is 4. The minimum atomic E-state index is -1.13. The number of phenolic OH excluding ortho intramolecular Hbond substituents is 4. The van der Waals surface area contributed by atoms with Crippen molar-refractivity contribution in [2.45, 2.75) is 31.0 Å². The van der Waals surface area contributed by atoms with Crippen molar-refractivity contribution < 1.29 is 49.3 Å². The zero-order valence-electron chi connectivity index (χ0n) is 19.4. The Hall–Kier alpha value is -4.31. The van der Waals surface area contributed by atoms with Crippen LogP contribution in [0.25, 0.3) is 0 Å². The average molecular weight is 496 g/mol. The quantitative estimate of drug-likeness (QED) is 0.269. The van der Waals surface area contributed by atoms with Crippen LogP contribution in [-0.2, 0) is 11.2 Å². The molecule has 3 atom stereocenters. The second-order valence-electron chi connectivity index (χ2n) is 8.68. The lowest BCUT2D eigenvalue weighted by atomic mass is 9.82. The molecule has 0 aliphatic carbocycles. The van der Waals surface area contributed by atoms with Crippen LogP contribution in [0, 0.1) is 0 Å². The number of benzene rings is 3. The molecule has 2 heterocycles. The van der Waals surface area contributed by atoms with E-state index in [1.165, 1.54) is 38.5 Å². The molecule has 0 fully saturated rings. The normalized spacial score (nSPS) is 20.5. The first kappa shape index (κ1) is 23.4. The molecule has 5 rings (SSSR count). The van der Waals surface area contributed by atoms with Crippen LogP contribution in [0.5, 0.6) is 46.0 Å². The number of methoxy groups -OCH3 is 2. The third-order valence-corrected chi connectivity index (χ3v) is 6.52. The van der Waals surface area contributed by atoms with Gasteiger partial charge in [0.1, 0.15) is 17.2 Å². The number of ether oxygens (including phenoxy) is 4. The van der Waals surface area contributed by atoms with Crippen molar-refractivity contribution >= 4 is 5.97 Å². The van der Waals surface area contributed by atoms with Gasteiger partial charge in [-0.25, -0.2) is 0 Å². The van der Waals surface area contributed by atoms with E-state index in [-0.39, 0.29) is 64.4 Å². The Kier molecular flexibility index (Phi) is 5.68. The van der Waals surface area contributed by atoms with Crippen molar-refractivity contribution in [3.63, 3.8) is 0 Å². The summed E-state index contributed by atoms with van der Waals surface area (Å²) in [4.78, 5) is 12.6. The maximum Gasteiger partial charge on any atom is 0.312 e. The topological polar surface area (TPSA) is 155 Å². The second kappa shape index (κ2) is 8.72. The maximum absolute atomic E-state index is 12.6. The van der Waals surface area contributed by atoms with Crippen LogP contribution in [0.15, 0.2) is 36.4 Å². The first-order valence-electron chi connectivity index (χ1n) is 11.1. The third-order valence-electron chi connectivity index (χ3n) is 6.52. The molecule has 10 nitrogen and oxygen atoms in total. The fraction of sp³-hybridized carbons (Fsp3) is 0.269. The number of hydrogen-bond donors (Lipinski definition) is 5. The van der Waals surface area contributed by atoms with E-state index in [0.717, 1.165) is 0 Å². The smallest absolute Gasteiger partial charge is 0.312 e. The minimum Gasteiger partial charge on any atom is -0.507 e. The summed E-state index contributed by atoms with van der Waals surface area (Å²) in [5.41, 5.74) is 1.66. The molecule has 0 radical (unpaired) electrons. The molecule has 3 aromatic rings. The van der Waals surface area contributed by atoms with Crippen LogP contribution < -0.4 is 18.9 Å². The highest BCUT2D eigenvalue weighted by atomic mass is 16.5. The second-order valence-corrected chi connectivity index (χ2v) is 8.68. The van der Waals surface area contributed by atoms with Crippen LogP contribution in [0.4, 0.5) is 0 Å². The molecule has 5 N–H and O–H groups in total. The molecule has 0 bridgehead atoms. The molecule has 0 amide bonds.